The molecule has 0 radical (unpaired) electrons. The molecule has 1 saturated carbocycles. The minimum atomic E-state index is -0.960. The summed E-state index contributed by atoms with van der Waals surface area (Å²) in [5, 5.41) is 10.0. The molecule has 0 bridgehead atoms. The number of carbonyl (C=O) groups is 2. The molecule has 1 aromatic heterocycles. The highest BCUT2D eigenvalue weighted by molar-refractivity contribution is 5.99. The van der Waals surface area contributed by atoms with Crippen LogP contribution in [0.2, 0.25) is 0 Å². The largest absolute Gasteiger partial charge is 0.480 e. The molecule has 1 fully saturated rings. The second-order valence-corrected chi connectivity index (χ2v) is 5.54. The van der Waals surface area contributed by atoms with Gasteiger partial charge in [-0.25, -0.2) is 0 Å². The van der Waals surface area contributed by atoms with Gasteiger partial charge in [0.25, 0.3) is 5.91 Å². The van der Waals surface area contributed by atoms with Crippen LogP contribution in [0.3, 0.4) is 0 Å². The molecule has 0 aliphatic heterocycles. The minimum absolute atomic E-state index is 0.0514. The molecular weight excluding hydrogens is 268 g/mol. The number of hydrogen-bond donors (Lipinski definition) is 2. The summed E-state index contributed by atoms with van der Waals surface area (Å²) in [6.45, 7) is -0.228. The van der Waals surface area contributed by atoms with Gasteiger partial charge >= 0.3 is 5.97 Å². The number of aromatic amines is 1. The van der Waals surface area contributed by atoms with Crippen LogP contribution in [0.4, 0.5) is 0 Å². The highest BCUT2D eigenvalue weighted by Gasteiger charge is 2.29. The molecule has 2 N–H and O–H groups in total. The Kier molecular flexibility index (Phi) is 3.64. The molecule has 1 aliphatic rings. The Balaban J connectivity index is 1.89. The monoisotopic (exact) mass is 286 g/mol. The maximum atomic E-state index is 12.7. The molecule has 0 unspecified atom stereocenters. The lowest BCUT2D eigenvalue weighted by atomic mass is 10.1. The van der Waals surface area contributed by atoms with Crippen LogP contribution in [0, 0.1) is 0 Å². The summed E-state index contributed by atoms with van der Waals surface area (Å²) in [6, 6.07) is 7.39. The van der Waals surface area contributed by atoms with E-state index in [0.717, 1.165) is 36.6 Å². The van der Waals surface area contributed by atoms with E-state index in [1.165, 1.54) is 4.90 Å². The first-order chi connectivity index (χ1) is 10.1. The topological polar surface area (TPSA) is 73.4 Å². The summed E-state index contributed by atoms with van der Waals surface area (Å²) in [7, 11) is 0. The first-order valence-electron chi connectivity index (χ1n) is 7.25. The van der Waals surface area contributed by atoms with Gasteiger partial charge in [0.05, 0.1) is 0 Å². The number of nitrogens with one attached hydrogen (secondary N) is 1. The summed E-state index contributed by atoms with van der Waals surface area (Å²) >= 11 is 0. The molecule has 0 spiro atoms. The Bertz CT molecular complexity index is 671. The van der Waals surface area contributed by atoms with Crippen LogP contribution in [-0.2, 0) is 4.79 Å². The summed E-state index contributed by atoms with van der Waals surface area (Å²) in [6.07, 6.45) is 5.73. The zero-order chi connectivity index (χ0) is 14.8. The van der Waals surface area contributed by atoms with E-state index in [-0.39, 0.29) is 18.5 Å². The fourth-order valence-corrected chi connectivity index (χ4v) is 3.08. The second-order valence-electron chi connectivity index (χ2n) is 5.54. The standard InChI is InChI=1S/C16H18N2O3/c19-15(20)10-18(13-3-1-2-4-13)16(21)12-5-6-14-11(9-12)7-8-17-14/h5-9,13,17H,1-4,10H2,(H,19,20). The van der Waals surface area contributed by atoms with Gasteiger partial charge in [-0.3, -0.25) is 9.59 Å². The van der Waals surface area contributed by atoms with Gasteiger partial charge in [-0.2, -0.15) is 0 Å². The van der Waals surface area contributed by atoms with Crippen molar-refractivity contribution in [2.45, 2.75) is 31.7 Å². The smallest absolute Gasteiger partial charge is 0.323 e. The SMILES string of the molecule is O=C(O)CN(C(=O)c1ccc2[nH]ccc2c1)C1CCCC1. The minimum Gasteiger partial charge on any atom is -0.480 e. The lowest BCUT2D eigenvalue weighted by Gasteiger charge is -2.27. The summed E-state index contributed by atoms with van der Waals surface area (Å²) in [4.78, 5) is 28.4. The number of carboxylic acid groups (broad SMARTS) is 1. The van der Waals surface area contributed by atoms with Gasteiger partial charge in [-0.15, -0.1) is 0 Å². The number of benzene rings is 1. The van der Waals surface area contributed by atoms with Gasteiger partial charge in [0.15, 0.2) is 0 Å². The van der Waals surface area contributed by atoms with Crippen LogP contribution in [0.25, 0.3) is 10.9 Å². The molecule has 5 heteroatoms. The molecule has 110 valence electrons. The fourth-order valence-electron chi connectivity index (χ4n) is 3.08. The van der Waals surface area contributed by atoms with Crippen LogP contribution in [0.15, 0.2) is 30.5 Å². The quantitative estimate of drug-likeness (QED) is 0.907. The van der Waals surface area contributed by atoms with Gasteiger partial charge < -0.3 is 15.0 Å². The summed E-state index contributed by atoms with van der Waals surface area (Å²) in [5.41, 5.74) is 1.52. The first kappa shape index (κ1) is 13.7. The highest BCUT2D eigenvalue weighted by Crippen LogP contribution is 2.25. The van der Waals surface area contributed by atoms with E-state index in [1.807, 2.05) is 24.4 Å². The average Bonchev–Trinajstić information content (AvgIpc) is 3.13. The predicted molar refractivity (Wildman–Crippen MR) is 79.2 cm³/mol. The molecule has 21 heavy (non-hydrogen) atoms. The van der Waals surface area contributed by atoms with Crippen molar-refractivity contribution >= 4 is 22.8 Å². The highest BCUT2D eigenvalue weighted by atomic mass is 16.4. The van der Waals surface area contributed by atoms with E-state index in [0.29, 0.717) is 5.56 Å². The molecule has 1 heterocycles. The van der Waals surface area contributed by atoms with Crippen molar-refractivity contribution in [1.29, 1.82) is 0 Å². The zero-order valence-corrected chi connectivity index (χ0v) is 11.7. The van der Waals surface area contributed by atoms with Crippen molar-refractivity contribution in [2.75, 3.05) is 6.54 Å². The number of fused-ring (bicyclic) bond motifs is 1. The molecule has 3 rings (SSSR count). The second kappa shape index (κ2) is 5.60. The number of nitrogens with zero attached hydrogens (tertiary/aromatic N) is 1. The zero-order valence-electron chi connectivity index (χ0n) is 11.7. The van der Waals surface area contributed by atoms with Gasteiger partial charge in [0.2, 0.25) is 0 Å². The van der Waals surface area contributed by atoms with Crippen molar-refractivity contribution in [3.63, 3.8) is 0 Å². The van der Waals surface area contributed by atoms with Crippen molar-refractivity contribution in [2.24, 2.45) is 0 Å². The van der Waals surface area contributed by atoms with Gasteiger partial charge in [-0.1, -0.05) is 12.8 Å². The molecule has 1 amide bonds. The molecule has 1 aromatic carbocycles. The third kappa shape index (κ3) is 2.77. The molecule has 0 saturated heterocycles. The Labute approximate surface area is 122 Å². The first-order valence-corrected chi connectivity index (χ1v) is 7.25. The molecule has 0 atom stereocenters. The molecule has 1 aliphatic carbocycles. The fraction of sp³-hybridized carbons (Fsp3) is 0.375. The Morgan fingerprint density at radius 2 is 2.00 bits per heavy atom. The predicted octanol–water partition coefficient (Wildman–Crippen LogP) is 2.64. The van der Waals surface area contributed by atoms with Crippen molar-refractivity contribution in [1.82, 2.24) is 9.88 Å². The van der Waals surface area contributed by atoms with Crippen LogP contribution < -0.4 is 0 Å². The number of aromatic nitrogens is 1. The van der Waals surface area contributed by atoms with Crippen LogP contribution in [0.1, 0.15) is 36.0 Å². The van der Waals surface area contributed by atoms with Crippen LogP contribution in [-0.4, -0.2) is 39.5 Å². The Hall–Kier alpha value is -2.30. The van der Waals surface area contributed by atoms with E-state index >= 15 is 0 Å². The third-order valence-corrected chi connectivity index (χ3v) is 4.13. The number of hydrogen-bond acceptors (Lipinski definition) is 2. The number of aliphatic carboxylic acids is 1. The van der Waals surface area contributed by atoms with E-state index in [4.69, 9.17) is 5.11 Å². The normalized spacial score (nSPS) is 15.4. The third-order valence-electron chi connectivity index (χ3n) is 4.13. The molecular formula is C16H18N2O3. The number of rotatable bonds is 4. The Morgan fingerprint density at radius 3 is 2.71 bits per heavy atom. The Morgan fingerprint density at radius 1 is 1.24 bits per heavy atom. The maximum absolute atomic E-state index is 12.7. The van der Waals surface area contributed by atoms with Crippen LogP contribution >= 0.6 is 0 Å². The lowest BCUT2D eigenvalue weighted by Crippen LogP contribution is -2.42. The van der Waals surface area contributed by atoms with Crippen molar-refractivity contribution in [3.05, 3.63) is 36.0 Å². The van der Waals surface area contributed by atoms with E-state index < -0.39 is 5.97 Å². The summed E-state index contributed by atoms with van der Waals surface area (Å²) in [5.74, 6) is -1.15. The van der Waals surface area contributed by atoms with Crippen molar-refractivity contribution in [3.8, 4) is 0 Å². The number of amides is 1. The van der Waals surface area contributed by atoms with Gasteiger partial charge in [-0.05, 0) is 37.1 Å². The van der Waals surface area contributed by atoms with Crippen LogP contribution in [0.5, 0.6) is 0 Å². The average molecular weight is 286 g/mol. The van der Waals surface area contributed by atoms with E-state index in [9.17, 15) is 9.59 Å². The molecule has 2 aromatic rings. The number of carboxylic acids is 1. The number of carbonyl (C=O) groups excluding carboxylic acids is 1. The summed E-state index contributed by atoms with van der Waals surface area (Å²) < 4.78 is 0. The van der Waals surface area contributed by atoms with Crippen molar-refractivity contribution < 1.29 is 14.7 Å². The van der Waals surface area contributed by atoms with Gasteiger partial charge in [0, 0.05) is 28.7 Å². The molecule has 5 nitrogen and oxygen atoms in total. The van der Waals surface area contributed by atoms with E-state index in [2.05, 4.69) is 4.98 Å². The van der Waals surface area contributed by atoms with Gasteiger partial charge in [0.1, 0.15) is 6.54 Å². The maximum Gasteiger partial charge on any atom is 0.323 e. The number of H-pyrrole nitrogens is 1. The van der Waals surface area contributed by atoms with E-state index in [1.54, 1.807) is 6.07 Å². The lowest BCUT2D eigenvalue weighted by molar-refractivity contribution is -0.138.